The van der Waals surface area contributed by atoms with Gasteiger partial charge >= 0.3 is 0 Å². The van der Waals surface area contributed by atoms with Gasteiger partial charge in [0, 0.05) is 43.5 Å². The van der Waals surface area contributed by atoms with Crippen molar-refractivity contribution in [3.63, 3.8) is 0 Å². The fourth-order valence-corrected chi connectivity index (χ4v) is 13.9. The first kappa shape index (κ1) is 43.5. The van der Waals surface area contributed by atoms with Crippen molar-refractivity contribution in [2.24, 2.45) is 0 Å². The van der Waals surface area contributed by atoms with E-state index in [1.54, 1.807) is 0 Å². The Hall–Kier alpha value is -6.56. The lowest BCUT2D eigenvalue weighted by molar-refractivity contribution is 0.332. The van der Waals surface area contributed by atoms with Crippen LogP contribution in [0.2, 0.25) is 0 Å². The van der Waals surface area contributed by atoms with Gasteiger partial charge in [0.1, 0.15) is 5.58 Å². The molecule has 1 N–H and O–H groups in total. The third kappa shape index (κ3) is 6.67. The zero-order chi connectivity index (χ0) is 48.1. The molecule has 13 rings (SSSR count). The van der Waals surface area contributed by atoms with Gasteiger partial charge in [-0.25, -0.2) is 0 Å². The van der Waals surface area contributed by atoms with E-state index in [4.69, 9.17) is 4.42 Å². The first-order chi connectivity index (χ1) is 33.5. The number of thiophene rings is 1. The highest BCUT2D eigenvalue weighted by atomic mass is 32.1. The lowest BCUT2D eigenvalue weighted by atomic mass is 9.61. The van der Waals surface area contributed by atoms with Crippen LogP contribution in [-0.2, 0) is 21.7 Å². The van der Waals surface area contributed by atoms with Crippen molar-refractivity contribution in [2.45, 2.75) is 110 Å². The maximum atomic E-state index is 7.26. The van der Waals surface area contributed by atoms with Gasteiger partial charge in [-0.3, -0.25) is 0 Å². The van der Waals surface area contributed by atoms with Gasteiger partial charge in [0.25, 0.3) is 0 Å². The first-order valence-corrected chi connectivity index (χ1v) is 26.4. The van der Waals surface area contributed by atoms with Crippen LogP contribution >= 0.6 is 11.3 Å². The molecule has 70 heavy (non-hydrogen) atoms. The standard InChI is InChI=1S/C65H61BN2OS/c1-38-31-49-51(64(6,7)29-27-62(49,2)3)36-54(38)68-58-48-35-50-52(65(8,9)30-28-63(50,4)5)37-56(48)70-61(58)66-57-46(34-47-44-21-15-16-22-55(44)69-60(47)59(57)68)45-32-41-19-13-14-20-42(41)33-53(45)67-43-25-23-40(24-26-43)39-17-11-10-12-18-39/h10-26,31-37,66-67H,27-30H2,1-9H3. The van der Waals surface area contributed by atoms with E-state index in [1.165, 1.54) is 112 Å². The molecule has 346 valence electrons. The number of rotatable bonds is 5. The zero-order valence-corrected chi connectivity index (χ0v) is 43.0. The van der Waals surface area contributed by atoms with E-state index < -0.39 is 0 Å². The Morgan fingerprint density at radius 2 is 1.11 bits per heavy atom. The summed E-state index contributed by atoms with van der Waals surface area (Å²) in [6.07, 6.45) is 4.69. The number of nitrogens with one attached hydrogen (secondary N) is 1. The summed E-state index contributed by atoms with van der Waals surface area (Å²) in [4.78, 5) is 2.69. The number of anilines is 5. The molecule has 0 radical (unpaired) electrons. The molecular formula is C65H61BN2OS. The molecule has 0 atom stereocenters. The molecule has 2 aromatic heterocycles. The zero-order valence-electron chi connectivity index (χ0n) is 42.2. The molecule has 5 heteroatoms. The Balaban J connectivity index is 1.12. The average Bonchev–Trinajstić information content (AvgIpc) is 3.91. The molecule has 3 aliphatic rings. The monoisotopic (exact) mass is 928 g/mol. The second kappa shape index (κ2) is 15.2. The Labute approximate surface area is 417 Å². The summed E-state index contributed by atoms with van der Waals surface area (Å²) in [7, 11) is 0.792. The van der Waals surface area contributed by atoms with Crippen LogP contribution in [0.25, 0.3) is 65.1 Å². The topological polar surface area (TPSA) is 28.4 Å². The number of nitrogens with zero attached hydrogens (tertiary/aromatic N) is 1. The predicted molar refractivity (Wildman–Crippen MR) is 304 cm³/mol. The van der Waals surface area contributed by atoms with Crippen molar-refractivity contribution in [1.82, 2.24) is 0 Å². The van der Waals surface area contributed by atoms with Gasteiger partial charge in [-0.15, -0.1) is 11.3 Å². The quantitative estimate of drug-likeness (QED) is 0.174. The van der Waals surface area contributed by atoms with Crippen molar-refractivity contribution < 1.29 is 4.42 Å². The average molecular weight is 929 g/mol. The second-order valence-corrected chi connectivity index (χ2v) is 24.7. The van der Waals surface area contributed by atoms with Gasteiger partial charge < -0.3 is 14.6 Å². The number of furan rings is 1. The number of fused-ring (bicyclic) bond motifs is 11. The minimum atomic E-state index is 0.0294. The van der Waals surface area contributed by atoms with Gasteiger partial charge in [-0.1, -0.05) is 146 Å². The number of hydrogen-bond acceptors (Lipinski definition) is 4. The van der Waals surface area contributed by atoms with Gasteiger partial charge in [0.05, 0.1) is 11.4 Å². The van der Waals surface area contributed by atoms with E-state index >= 15 is 0 Å². The summed E-state index contributed by atoms with van der Waals surface area (Å²) in [6.45, 7) is 22.0. The summed E-state index contributed by atoms with van der Waals surface area (Å²) in [5.74, 6) is 0. The molecule has 10 aromatic rings. The van der Waals surface area contributed by atoms with Crippen LogP contribution in [0.3, 0.4) is 0 Å². The highest BCUT2D eigenvalue weighted by molar-refractivity contribution is 7.29. The Morgan fingerprint density at radius 3 is 1.81 bits per heavy atom. The molecule has 0 unspecified atom stereocenters. The van der Waals surface area contributed by atoms with E-state index in [-0.39, 0.29) is 21.7 Å². The lowest BCUT2D eigenvalue weighted by Gasteiger charge is -2.43. The lowest BCUT2D eigenvalue weighted by Crippen LogP contribution is -2.40. The predicted octanol–water partition coefficient (Wildman–Crippen LogP) is 17.2. The van der Waals surface area contributed by atoms with E-state index in [0.29, 0.717) is 0 Å². The van der Waals surface area contributed by atoms with E-state index in [2.05, 4.69) is 218 Å². The molecular weight excluding hydrogens is 868 g/mol. The highest BCUT2D eigenvalue weighted by Crippen LogP contribution is 2.55. The van der Waals surface area contributed by atoms with Gasteiger partial charge in [0.15, 0.2) is 5.58 Å². The largest absolute Gasteiger partial charge is 0.454 e. The smallest absolute Gasteiger partial charge is 0.211 e. The molecule has 0 fully saturated rings. The van der Waals surface area contributed by atoms with E-state index in [0.717, 1.165) is 52.7 Å². The van der Waals surface area contributed by atoms with Crippen molar-refractivity contribution in [3.8, 4) is 22.3 Å². The van der Waals surface area contributed by atoms with E-state index in [1.807, 2.05) is 11.3 Å². The molecule has 8 aromatic carbocycles. The normalized spacial score (nSPS) is 17.2. The van der Waals surface area contributed by atoms with Crippen LogP contribution in [0.15, 0.2) is 150 Å². The SMILES string of the molecule is Cc1cc2c(cc1N1c3c(sc4cc5c(cc34)C(C)(C)CCC5(C)C)Bc3c(-c4cc5ccccc5cc4Nc4ccc(-c5ccccc5)cc4)cc4c(oc5ccccc54)c31)C(C)(C)CCC2(C)C. The molecule has 3 heterocycles. The molecule has 0 spiro atoms. The van der Waals surface area contributed by atoms with Crippen molar-refractivity contribution in [2.75, 3.05) is 10.2 Å². The second-order valence-electron chi connectivity index (χ2n) is 23.5. The van der Waals surface area contributed by atoms with Crippen LogP contribution < -0.4 is 20.5 Å². The molecule has 0 amide bonds. The minimum Gasteiger partial charge on any atom is -0.454 e. The minimum absolute atomic E-state index is 0.0294. The van der Waals surface area contributed by atoms with Crippen molar-refractivity contribution in [3.05, 3.63) is 173 Å². The summed E-state index contributed by atoms with van der Waals surface area (Å²) in [5.41, 5.74) is 21.4. The number of para-hydroxylation sites is 1. The number of aryl methyl sites for hydroxylation is 1. The van der Waals surface area contributed by atoms with Gasteiger partial charge in [0.2, 0.25) is 7.28 Å². The Bertz CT molecular complexity index is 3790. The summed E-state index contributed by atoms with van der Waals surface area (Å²) in [6, 6.07) is 54.6. The third-order valence-corrected chi connectivity index (χ3v) is 18.2. The molecule has 1 aliphatic heterocycles. The fraction of sp³-hybridized carbons (Fsp3) is 0.262. The summed E-state index contributed by atoms with van der Waals surface area (Å²) < 4.78 is 10.0. The maximum Gasteiger partial charge on any atom is 0.211 e. The van der Waals surface area contributed by atoms with E-state index in [9.17, 15) is 0 Å². The molecule has 0 bridgehead atoms. The number of benzene rings is 8. The fourth-order valence-electron chi connectivity index (χ4n) is 12.7. The van der Waals surface area contributed by atoms with Crippen molar-refractivity contribution in [1.29, 1.82) is 0 Å². The Kier molecular flexibility index (Phi) is 9.45. The molecule has 0 saturated heterocycles. The summed E-state index contributed by atoms with van der Waals surface area (Å²) >= 11 is 2.00. The van der Waals surface area contributed by atoms with Crippen LogP contribution in [0, 0.1) is 6.92 Å². The highest BCUT2D eigenvalue weighted by Gasteiger charge is 2.42. The van der Waals surface area contributed by atoms with Crippen LogP contribution in [0.5, 0.6) is 0 Å². The van der Waals surface area contributed by atoms with Crippen LogP contribution in [0.4, 0.5) is 28.4 Å². The molecule has 3 nitrogen and oxygen atoms in total. The molecule has 0 saturated carbocycles. The van der Waals surface area contributed by atoms with Gasteiger partial charge in [-0.2, -0.15) is 0 Å². The molecule has 2 aliphatic carbocycles. The maximum absolute atomic E-state index is 7.26. The summed E-state index contributed by atoms with van der Waals surface area (Å²) in [5, 5.41) is 10.0. The third-order valence-electron chi connectivity index (χ3n) is 17.1. The Morgan fingerprint density at radius 1 is 0.529 bits per heavy atom. The van der Waals surface area contributed by atoms with Crippen LogP contribution in [-0.4, -0.2) is 7.28 Å². The first-order valence-electron chi connectivity index (χ1n) is 25.5. The van der Waals surface area contributed by atoms with Crippen LogP contribution in [0.1, 0.15) is 109 Å². The van der Waals surface area contributed by atoms with Gasteiger partial charge in [-0.05, 0) is 174 Å². The number of hydrogen-bond donors (Lipinski definition) is 1. The van der Waals surface area contributed by atoms with Crippen molar-refractivity contribution >= 4 is 100 Å².